The highest BCUT2D eigenvalue weighted by molar-refractivity contribution is 7.14. The molecule has 0 radical (unpaired) electrons. The first-order chi connectivity index (χ1) is 14.5. The van der Waals surface area contributed by atoms with E-state index in [-0.39, 0.29) is 24.3 Å². The van der Waals surface area contributed by atoms with Crippen LogP contribution in [0.1, 0.15) is 35.1 Å². The van der Waals surface area contributed by atoms with Gasteiger partial charge in [-0.2, -0.15) is 0 Å². The molecule has 2 heterocycles. The summed E-state index contributed by atoms with van der Waals surface area (Å²) in [6.07, 6.45) is 2.49. The number of hydrogen-bond acceptors (Lipinski definition) is 6. The molecule has 1 aliphatic rings. The van der Waals surface area contributed by atoms with Gasteiger partial charge in [-0.25, -0.2) is 4.98 Å². The molecule has 156 valence electrons. The molecule has 4 rings (SSSR count). The summed E-state index contributed by atoms with van der Waals surface area (Å²) in [5.41, 5.74) is 1.52. The van der Waals surface area contributed by atoms with E-state index in [2.05, 4.69) is 17.2 Å². The third-order valence-corrected chi connectivity index (χ3v) is 6.86. The fraction of sp³-hybridized carbons (Fsp3) is 0.318. The number of aromatic nitrogens is 1. The molecular formula is C22H23N3O3S2. The number of ether oxygens (including phenoxy) is 1. The van der Waals surface area contributed by atoms with Crippen molar-refractivity contribution in [2.45, 2.75) is 32.2 Å². The largest absolute Gasteiger partial charge is 0.497 e. The van der Waals surface area contributed by atoms with Gasteiger partial charge in [0.25, 0.3) is 5.91 Å². The summed E-state index contributed by atoms with van der Waals surface area (Å²) in [4.78, 5) is 32.4. The average molecular weight is 442 g/mol. The van der Waals surface area contributed by atoms with Crippen LogP contribution in [0.3, 0.4) is 0 Å². The Morgan fingerprint density at radius 3 is 2.63 bits per heavy atom. The third kappa shape index (κ3) is 4.71. The van der Waals surface area contributed by atoms with E-state index in [1.54, 1.807) is 13.2 Å². The van der Waals surface area contributed by atoms with Gasteiger partial charge in [-0.15, -0.1) is 22.7 Å². The van der Waals surface area contributed by atoms with Crippen LogP contribution in [-0.2, 0) is 11.2 Å². The van der Waals surface area contributed by atoms with Crippen molar-refractivity contribution in [3.05, 3.63) is 57.7 Å². The summed E-state index contributed by atoms with van der Waals surface area (Å²) in [5, 5.41) is 6.99. The van der Waals surface area contributed by atoms with Crippen LogP contribution in [0.5, 0.6) is 5.75 Å². The van der Waals surface area contributed by atoms with Crippen LogP contribution >= 0.6 is 22.7 Å². The Morgan fingerprint density at radius 1 is 1.23 bits per heavy atom. The van der Waals surface area contributed by atoms with Crippen LogP contribution < -0.4 is 15.0 Å². The Kier molecular flexibility index (Phi) is 6.15. The number of nitrogens with one attached hydrogen (secondary N) is 1. The van der Waals surface area contributed by atoms with Crippen molar-refractivity contribution in [3.63, 3.8) is 0 Å². The van der Waals surface area contributed by atoms with E-state index in [9.17, 15) is 9.59 Å². The molecule has 1 saturated carbocycles. The Balaban J connectivity index is 1.47. The Bertz CT molecular complexity index is 1010. The summed E-state index contributed by atoms with van der Waals surface area (Å²) >= 11 is 2.71. The van der Waals surface area contributed by atoms with E-state index >= 15 is 0 Å². The van der Waals surface area contributed by atoms with Gasteiger partial charge >= 0.3 is 0 Å². The highest BCUT2D eigenvalue weighted by Crippen LogP contribution is 2.37. The van der Waals surface area contributed by atoms with Crippen LogP contribution in [0.2, 0.25) is 0 Å². The van der Waals surface area contributed by atoms with E-state index < -0.39 is 0 Å². The molecule has 1 atom stereocenters. The standard InChI is InChI=1S/C22H23N3O3S2/c1-14(15-5-6-15)25(17-7-9-18(28-2)10-8-17)20(26)12-16-13-30-22(23-16)24-21(27)19-4-3-11-29-19/h3-4,7-11,13-15H,5-6,12H2,1-2H3,(H,23,24,27). The molecule has 2 aromatic heterocycles. The van der Waals surface area contributed by atoms with E-state index in [1.807, 2.05) is 46.0 Å². The molecule has 0 saturated heterocycles. The van der Waals surface area contributed by atoms with E-state index in [4.69, 9.17) is 4.74 Å². The zero-order valence-electron chi connectivity index (χ0n) is 16.8. The minimum Gasteiger partial charge on any atom is -0.497 e. The maximum atomic E-state index is 13.2. The minimum atomic E-state index is -0.181. The summed E-state index contributed by atoms with van der Waals surface area (Å²) < 4.78 is 5.24. The molecule has 0 bridgehead atoms. The van der Waals surface area contributed by atoms with Gasteiger partial charge in [-0.3, -0.25) is 14.9 Å². The van der Waals surface area contributed by atoms with Crippen molar-refractivity contribution >= 4 is 45.3 Å². The minimum absolute atomic E-state index is 0.000926. The summed E-state index contributed by atoms with van der Waals surface area (Å²) in [6.45, 7) is 2.10. The number of anilines is 2. The average Bonchev–Trinajstić information content (AvgIpc) is 3.27. The molecule has 30 heavy (non-hydrogen) atoms. The fourth-order valence-electron chi connectivity index (χ4n) is 3.39. The molecule has 3 aromatic rings. The van der Waals surface area contributed by atoms with E-state index in [0.29, 0.717) is 21.6 Å². The van der Waals surface area contributed by atoms with Crippen molar-refractivity contribution in [2.24, 2.45) is 5.92 Å². The number of carbonyl (C=O) groups is 2. The molecule has 1 aromatic carbocycles. The Labute approximate surface area is 183 Å². The van der Waals surface area contributed by atoms with E-state index in [0.717, 1.165) is 24.3 Å². The molecular weight excluding hydrogens is 418 g/mol. The number of methoxy groups -OCH3 is 1. The van der Waals surface area contributed by atoms with Crippen molar-refractivity contribution < 1.29 is 14.3 Å². The summed E-state index contributed by atoms with van der Waals surface area (Å²) in [5.74, 6) is 1.11. The highest BCUT2D eigenvalue weighted by atomic mass is 32.1. The zero-order chi connectivity index (χ0) is 21.1. The van der Waals surface area contributed by atoms with Crippen LogP contribution in [0.4, 0.5) is 10.8 Å². The lowest BCUT2D eigenvalue weighted by atomic mass is 10.1. The number of carbonyl (C=O) groups excluding carboxylic acids is 2. The second-order valence-electron chi connectivity index (χ2n) is 7.29. The highest BCUT2D eigenvalue weighted by Gasteiger charge is 2.35. The first-order valence-electron chi connectivity index (χ1n) is 9.80. The number of thiazole rings is 1. The molecule has 8 heteroatoms. The van der Waals surface area contributed by atoms with Gasteiger partial charge in [0.05, 0.1) is 24.1 Å². The fourth-order valence-corrected chi connectivity index (χ4v) is 4.71. The van der Waals surface area contributed by atoms with Crippen LogP contribution in [-0.4, -0.2) is 29.9 Å². The zero-order valence-corrected chi connectivity index (χ0v) is 18.5. The molecule has 1 aliphatic carbocycles. The van der Waals surface area contributed by atoms with Crippen molar-refractivity contribution in [2.75, 3.05) is 17.3 Å². The first kappa shape index (κ1) is 20.6. The normalized spacial score (nSPS) is 14.2. The van der Waals surface area contributed by atoms with Gasteiger partial charge in [0.15, 0.2) is 5.13 Å². The number of nitrogens with zero attached hydrogens (tertiary/aromatic N) is 2. The first-order valence-corrected chi connectivity index (χ1v) is 11.6. The molecule has 0 spiro atoms. The maximum Gasteiger partial charge on any atom is 0.267 e. The van der Waals surface area contributed by atoms with Crippen molar-refractivity contribution in [1.82, 2.24) is 4.98 Å². The third-order valence-electron chi connectivity index (χ3n) is 5.18. The van der Waals surface area contributed by atoms with E-state index in [1.165, 1.54) is 22.7 Å². The van der Waals surface area contributed by atoms with Gasteiger partial charge in [0.2, 0.25) is 5.91 Å². The predicted octanol–water partition coefficient (Wildman–Crippen LogP) is 4.84. The van der Waals surface area contributed by atoms with Gasteiger partial charge in [-0.05, 0) is 61.4 Å². The lowest BCUT2D eigenvalue weighted by Crippen LogP contribution is -2.41. The summed E-state index contributed by atoms with van der Waals surface area (Å²) in [6, 6.07) is 11.3. The molecule has 1 N–H and O–H groups in total. The van der Waals surface area contributed by atoms with Crippen molar-refractivity contribution in [3.8, 4) is 5.75 Å². The monoisotopic (exact) mass is 441 g/mol. The smallest absolute Gasteiger partial charge is 0.267 e. The SMILES string of the molecule is COc1ccc(N(C(=O)Cc2csc(NC(=O)c3cccs3)n2)C(C)C2CC2)cc1. The number of benzene rings is 1. The second kappa shape index (κ2) is 8.97. The lowest BCUT2D eigenvalue weighted by molar-refractivity contribution is -0.118. The van der Waals surface area contributed by atoms with Crippen LogP contribution in [0, 0.1) is 5.92 Å². The Hall–Kier alpha value is -2.71. The molecule has 2 amide bonds. The van der Waals surface area contributed by atoms with Crippen molar-refractivity contribution in [1.29, 1.82) is 0 Å². The van der Waals surface area contributed by atoms with Gasteiger partial charge in [0, 0.05) is 17.1 Å². The number of thiophene rings is 1. The van der Waals surface area contributed by atoms with Gasteiger partial charge in [-0.1, -0.05) is 6.07 Å². The molecule has 0 aliphatic heterocycles. The van der Waals surface area contributed by atoms with Gasteiger partial charge in [0.1, 0.15) is 5.75 Å². The predicted molar refractivity (Wildman–Crippen MR) is 121 cm³/mol. The number of hydrogen-bond donors (Lipinski definition) is 1. The topological polar surface area (TPSA) is 71.5 Å². The molecule has 6 nitrogen and oxygen atoms in total. The van der Waals surface area contributed by atoms with Crippen LogP contribution in [0.15, 0.2) is 47.2 Å². The number of rotatable bonds is 8. The molecule has 1 unspecified atom stereocenters. The summed E-state index contributed by atoms with van der Waals surface area (Å²) in [7, 11) is 1.63. The van der Waals surface area contributed by atoms with Gasteiger partial charge < -0.3 is 9.64 Å². The lowest BCUT2D eigenvalue weighted by Gasteiger charge is -2.29. The number of amides is 2. The quantitative estimate of drug-likeness (QED) is 0.543. The maximum absolute atomic E-state index is 13.2. The second-order valence-corrected chi connectivity index (χ2v) is 9.10. The van der Waals surface area contributed by atoms with Crippen LogP contribution in [0.25, 0.3) is 0 Å². The Morgan fingerprint density at radius 2 is 2.00 bits per heavy atom. The molecule has 1 fully saturated rings.